The van der Waals surface area contributed by atoms with Gasteiger partial charge in [-0.3, -0.25) is 4.79 Å². The predicted molar refractivity (Wildman–Crippen MR) is 106 cm³/mol. The second-order valence-electron chi connectivity index (χ2n) is 6.36. The fourth-order valence-corrected chi connectivity index (χ4v) is 3.52. The molecule has 26 heavy (non-hydrogen) atoms. The van der Waals surface area contributed by atoms with Crippen LogP contribution in [0.15, 0.2) is 41.3 Å². The Balaban J connectivity index is 1.73. The Morgan fingerprint density at radius 2 is 1.58 bits per heavy atom. The number of esters is 1. The van der Waals surface area contributed by atoms with Crippen LogP contribution >= 0.6 is 11.8 Å². The molecule has 2 rings (SSSR count). The summed E-state index contributed by atoms with van der Waals surface area (Å²) in [6.07, 6.45) is 0. The molecule has 0 saturated carbocycles. The number of carbonyl (C=O) groups excluding carboxylic acids is 2. The topological polar surface area (TPSA) is 55.4 Å². The SMILES string of the molecule is Cc1ccc(SCCNC(=O)COC(=O)c2c(C)cc(C)cc2C)cc1. The van der Waals surface area contributed by atoms with E-state index < -0.39 is 5.97 Å². The van der Waals surface area contributed by atoms with Gasteiger partial charge in [0.25, 0.3) is 5.91 Å². The van der Waals surface area contributed by atoms with Crippen molar-refractivity contribution in [3.63, 3.8) is 0 Å². The molecule has 0 radical (unpaired) electrons. The summed E-state index contributed by atoms with van der Waals surface area (Å²) < 4.78 is 5.16. The predicted octanol–water partition coefficient (Wildman–Crippen LogP) is 3.99. The van der Waals surface area contributed by atoms with E-state index >= 15 is 0 Å². The highest BCUT2D eigenvalue weighted by molar-refractivity contribution is 7.99. The van der Waals surface area contributed by atoms with Crippen LogP contribution in [0.3, 0.4) is 0 Å². The molecule has 0 fully saturated rings. The lowest BCUT2D eigenvalue weighted by molar-refractivity contribution is -0.124. The summed E-state index contributed by atoms with van der Waals surface area (Å²) in [6.45, 7) is 8.04. The molecular formula is C21H25NO3S. The van der Waals surface area contributed by atoms with E-state index in [4.69, 9.17) is 4.74 Å². The van der Waals surface area contributed by atoms with Gasteiger partial charge in [-0.05, 0) is 51.0 Å². The van der Waals surface area contributed by atoms with Crippen LogP contribution in [-0.4, -0.2) is 30.8 Å². The van der Waals surface area contributed by atoms with Crippen LogP contribution in [0.1, 0.15) is 32.6 Å². The minimum Gasteiger partial charge on any atom is -0.452 e. The molecule has 0 aliphatic heterocycles. The monoisotopic (exact) mass is 371 g/mol. The van der Waals surface area contributed by atoms with Gasteiger partial charge in [0.1, 0.15) is 0 Å². The van der Waals surface area contributed by atoms with E-state index in [1.54, 1.807) is 11.8 Å². The standard InChI is InChI=1S/C21H25NO3S/c1-14-5-7-18(8-6-14)26-10-9-22-19(23)13-25-21(24)20-16(3)11-15(2)12-17(20)4/h5-8,11-12H,9-10,13H2,1-4H3,(H,22,23). The summed E-state index contributed by atoms with van der Waals surface area (Å²) in [5, 5.41) is 2.77. The van der Waals surface area contributed by atoms with Crippen LogP contribution in [0, 0.1) is 27.7 Å². The molecule has 1 amide bonds. The lowest BCUT2D eigenvalue weighted by atomic mass is 10.00. The Morgan fingerprint density at radius 3 is 2.19 bits per heavy atom. The smallest absolute Gasteiger partial charge is 0.339 e. The lowest BCUT2D eigenvalue weighted by Crippen LogP contribution is -2.30. The number of nitrogens with one attached hydrogen (secondary N) is 1. The Labute approximate surface area is 159 Å². The second-order valence-corrected chi connectivity index (χ2v) is 7.53. The number of benzene rings is 2. The van der Waals surface area contributed by atoms with Crippen LogP contribution < -0.4 is 5.32 Å². The number of thioether (sulfide) groups is 1. The summed E-state index contributed by atoms with van der Waals surface area (Å²) in [5.41, 5.74) is 4.59. The minimum absolute atomic E-state index is 0.263. The fraction of sp³-hybridized carbons (Fsp3) is 0.333. The minimum atomic E-state index is -0.454. The van der Waals surface area contributed by atoms with Crippen LogP contribution in [0.4, 0.5) is 0 Å². The van der Waals surface area contributed by atoms with Gasteiger partial charge in [-0.2, -0.15) is 0 Å². The van der Waals surface area contributed by atoms with E-state index in [0.717, 1.165) is 22.4 Å². The highest BCUT2D eigenvalue weighted by Crippen LogP contribution is 2.18. The number of amides is 1. The molecule has 0 aromatic heterocycles. The van der Waals surface area contributed by atoms with Gasteiger partial charge < -0.3 is 10.1 Å². The Kier molecular flexibility index (Phi) is 7.27. The maximum absolute atomic E-state index is 12.2. The number of rotatable bonds is 7. The first-order valence-corrected chi connectivity index (χ1v) is 9.56. The number of aryl methyl sites for hydroxylation is 4. The summed E-state index contributed by atoms with van der Waals surface area (Å²) in [6, 6.07) is 12.1. The van der Waals surface area contributed by atoms with Gasteiger partial charge in [-0.15, -0.1) is 11.8 Å². The first-order chi connectivity index (χ1) is 12.4. The van der Waals surface area contributed by atoms with Crippen molar-refractivity contribution in [2.75, 3.05) is 18.9 Å². The zero-order chi connectivity index (χ0) is 19.1. The quantitative estimate of drug-likeness (QED) is 0.454. The van der Waals surface area contributed by atoms with Crippen molar-refractivity contribution >= 4 is 23.6 Å². The zero-order valence-electron chi connectivity index (χ0n) is 15.7. The van der Waals surface area contributed by atoms with Gasteiger partial charge in [0.15, 0.2) is 6.61 Å². The Morgan fingerprint density at radius 1 is 0.962 bits per heavy atom. The van der Waals surface area contributed by atoms with E-state index in [2.05, 4.69) is 36.5 Å². The zero-order valence-corrected chi connectivity index (χ0v) is 16.5. The summed E-state index contributed by atoms with van der Waals surface area (Å²) in [5.74, 6) is 0.0216. The van der Waals surface area contributed by atoms with Crippen molar-refractivity contribution in [2.45, 2.75) is 32.6 Å². The van der Waals surface area contributed by atoms with Gasteiger partial charge in [-0.25, -0.2) is 4.79 Å². The average Bonchev–Trinajstić information content (AvgIpc) is 2.57. The third-order valence-electron chi connectivity index (χ3n) is 3.93. The summed E-state index contributed by atoms with van der Waals surface area (Å²) in [4.78, 5) is 25.3. The highest BCUT2D eigenvalue weighted by atomic mass is 32.2. The van der Waals surface area contributed by atoms with Gasteiger partial charge in [0.05, 0.1) is 5.56 Å². The molecule has 0 unspecified atom stereocenters. The fourth-order valence-electron chi connectivity index (χ4n) is 2.75. The van der Waals surface area contributed by atoms with Crippen molar-refractivity contribution in [3.8, 4) is 0 Å². The highest BCUT2D eigenvalue weighted by Gasteiger charge is 2.15. The van der Waals surface area contributed by atoms with Crippen molar-refractivity contribution in [2.24, 2.45) is 0 Å². The molecule has 0 bridgehead atoms. The Hall–Kier alpha value is -2.27. The van der Waals surface area contributed by atoms with Gasteiger partial charge in [-0.1, -0.05) is 35.4 Å². The van der Waals surface area contributed by atoms with E-state index in [-0.39, 0.29) is 12.5 Å². The van der Waals surface area contributed by atoms with Crippen molar-refractivity contribution in [1.29, 1.82) is 0 Å². The van der Waals surface area contributed by atoms with E-state index in [1.807, 2.05) is 32.9 Å². The molecule has 2 aromatic carbocycles. The van der Waals surface area contributed by atoms with Crippen LogP contribution in [0.2, 0.25) is 0 Å². The molecular weight excluding hydrogens is 346 g/mol. The number of hydrogen-bond donors (Lipinski definition) is 1. The van der Waals surface area contributed by atoms with Gasteiger partial charge >= 0.3 is 5.97 Å². The van der Waals surface area contributed by atoms with Crippen molar-refractivity contribution < 1.29 is 14.3 Å². The first-order valence-electron chi connectivity index (χ1n) is 8.58. The third-order valence-corrected chi connectivity index (χ3v) is 4.94. The molecule has 0 aliphatic carbocycles. The van der Waals surface area contributed by atoms with E-state index in [1.165, 1.54) is 10.5 Å². The first kappa shape index (κ1) is 20.0. The van der Waals surface area contributed by atoms with Crippen LogP contribution in [0.5, 0.6) is 0 Å². The number of ether oxygens (including phenoxy) is 1. The molecule has 0 atom stereocenters. The maximum Gasteiger partial charge on any atom is 0.339 e. The number of carbonyl (C=O) groups is 2. The molecule has 4 nitrogen and oxygen atoms in total. The lowest BCUT2D eigenvalue weighted by Gasteiger charge is -2.11. The van der Waals surface area contributed by atoms with E-state index in [9.17, 15) is 9.59 Å². The van der Waals surface area contributed by atoms with Gasteiger partial charge in [0, 0.05) is 17.2 Å². The summed E-state index contributed by atoms with van der Waals surface area (Å²) >= 11 is 1.68. The van der Waals surface area contributed by atoms with Crippen LogP contribution in [-0.2, 0) is 9.53 Å². The van der Waals surface area contributed by atoms with E-state index in [0.29, 0.717) is 12.1 Å². The molecule has 0 aliphatic rings. The Bertz CT molecular complexity index is 761. The average molecular weight is 372 g/mol. The molecule has 2 aromatic rings. The molecule has 0 spiro atoms. The van der Waals surface area contributed by atoms with Gasteiger partial charge in [0.2, 0.25) is 0 Å². The molecule has 138 valence electrons. The third kappa shape index (κ3) is 5.92. The second kappa shape index (κ2) is 9.43. The molecule has 5 heteroatoms. The van der Waals surface area contributed by atoms with Crippen LogP contribution in [0.25, 0.3) is 0 Å². The normalized spacial score (nSPS) is 10.5. The largest absolute Gasteiger partial charge is 0.452 e. The molecule has 1 N–H and O–H groups in total. The number of hydrogen-bond acceptors (Lipinski definition) is 4. The molecule has 0 heterocycles. The van der Waals surface area contributed by atoms with Crippen molar-refractivity contribution in [1.82, 2.24) is 5.32 Å². The molecule has 0 saturated heterocycles. The maximum atomic E-state index is 12.2. The van der Waals surface area contributed by atoms with Crippen molar-refractivity contribution in [3.05, 3.63) is 64.2 Å². The summed E-state index contributed by atoms with van der Waals surface area (Å²) in [7, 11) is 0.